The molecular formula is C12H16N4. The zero-order valence-electron chi connectivity index (χ0n) is 9.86. The van der Waals surface area contributed by atoms with E-state index < -0.39 is 0 Å². The molecule has 2 heterocycles. The molecule has 0 unspecified atom stereocenters. The lowest BCUT2D eigenvalue weighted by atomic mass is 10.2. The maximum atomic E-state index is 4.39. The Bertz CT molecular complexity index is 488. The van der Waals surface area contributed by atoms with Crippen LogP contribution in [-0.4, -0.2) is 14.8 Å². The number of nitrogens with one attached hydrogen (secondary N) is 1. The van der Waals surface area contributed by atoms with Gasteiger partial charge in [-0.15, -0.1) is 0 Å². The van der Waals surface area contributed by atoms with Crippen LogP contribution in [0.2, 0.25) is 0 Å². The number of nitrogens with zero attached hydrogens (tertiary/aromatic N) is 3. The predicted molar refractivity (Wildman–Crippen MR) is 64.8 cm³/mol. The number of hydrogen-bond acceptors (Lipinski definition) is 3. The Hall–Kier alpha value is -1.84. The van der Waals surface area contributed by atoms with Crippen LogP contribution in [0.5, 0.6) is 0 Å². The van der Waals surface area contributed by atoms with Gasteiger partial charge in [0, 0.05) is 30.8 Å². The molecule has 0 bridgehead atoms. The van der Waals surface area contributed by atoms with Gasteiger partial charge >= 0.3 is 0 Å². The van der Waals surface area contributed by atoms with Gasteiger partial charge in [-0.2, -0.15) is 5.10 Å². The fourth-order valence-electron chi connectivity index (χ4n) is 1.68. The molecule has 0 spiro atoms. The highest BCUT2D eigenvalue weighted by Crippen LogP contribution is 2.20. The summed E-state index contributed by atoms with van der Waals surface area (Å²) in [7, 11) is 1.93. The van der Waals surface area contributed by atoms with Gasteiger partial charge in [0.2, 0.25) is 0 Å². The number of aromatic nitrogens is 3. The lowest BCUT2D eigenvalue weighted by molar-refractivity contribution is 0.746. The molecule has 0 amide bonds. The van der Waals surface area contributed by atoms with E-state index in [2.05, 4.69) is 22.3 Å². The molecule has 0 saturated heterocycles. The number of aryl methyl sites for hydroxylation is 3. The fraction of sp³-hybridized carbons (Fsp3) is 0.333. The van der Waals surface area contributed by atoms with Crippen LogP contribution in [-0.2, 0) is 13.5 Å². The molecule has 1 N–H and O–H groups in total. The molecule has 2 aromatic rings. The van der Waals surface area contributed by atoms with Gasteiger partial charge < -0.3 is 5.32 Å². The quantitative estimate of drug-likeness (QED) is 0.856. The van der Waals surface area contributed by atoms with Gasteiger partial charge in [-0.3, -0.25) is 9.67 Å². The molecule has 0 aliphatic rings. The topological polar surface area (TPSA) is 42.7 Å². The van der Waals surface area contributed by atoms with Crippen LogP contribution in [0, 0.1) is 6.92 Å². The first-order valence-corrected chi connectivity index (χ1v) is 5.41. The van der Waals surface area contributed by atoms with Gasteiger partial charge in [0.05, 0.1) is 11.4 Å². The molecule has 16 heavy (non-hydrogen) atoms. The third-order valence-electron chi connectivity index (χ3n) is 2.42. The summed E-state index contributed by atoms with van der Waals surface area (Å²) in [6, 6.07) is 3.98. The molecule has 0 aromatic carbocycles. The minimum absolute atomic E-state index is 0.924. The third-order valence-corrected chi connectivity index (χ3v) is 2.42. The summed E-state index contributed by atoms with van der Waals surface area (Å²) in [5.41, 5.74) is 4.20. The summed E-state index contributed by atoms with van der Waals surface area (Å²) >= 11 is 0. The molecule has 0 fully saturated rings. The molecular weight excluding hydrogens is 200 g/mol. The number of pyridine rings is 1. The predicted octanol–water partition coefficient (Wildman–Crippen LogP) is 2.43. The first-order chi connectivity index (χ1) is 7.69. The summed E-state index contributed by atoms with van der Waals surface area (Å²) in [6.07, 6.45) is 4.72. The van der Waals surface area contributed by atoms with Crippen LogP contribution < -0.4 is 5.32 Å². The number of rotatable bonds is 3. The Morgan fingerprint density at radius 1 is 1.44 bits per heavy atom. The third kappa shape index (κ3) is 2.21. The lowest BCUT2D eigenvalue weighted by Crippen LogP contribution is -1.94. The van der Waals surface area contributed by atoms with Gasteiger partial charge in [0.1, 0.15) is 0 Å². The Morgan fingerprint density at radius 2 is 2.25 bits per heavy atom. The molecule has 0 aliphatic heterocycles. The Balaban J connectivity index is 2.26. The van der Waals surface area contributed by atoms with Crippen LogP contribution in [0.4, 0.5) is 11.4 Å². The van der Waals surface area contributed by atoms with E-state index in [0.717, 1.165) is 29.2 Å². The maximum absolute atomic E-state index is 4.39. The van der Waals surface area contributed by atoms with Crippen LogP contribution in [0.25, 0.3) is 0 Å². The highest BCUT2D eigenvalue weighted by atomic mass is 15.3. The van der Waals surface area contributed by atoms with Crippen molar-refractivity contribution in [2.75, 3.05) is 5.32 Å². The second-order valence-corrected chi connectivity index (χ2v) is 3.83. The largest absolute Gasteiger partial charge is 0.353 e. The Morgan fingerprint density at radius 3 is 2.94 bits per heavy atom. The maximum Gasteiger partial charge on any atom is 0.0856 e. The van der Waals surface area contributed by atoms with E-state index in [4.69, 9.17) is 0 Å². The summed E-state index contributed by atoms with van der Waals surface area (Å²) < 4.78 is 1.83. The Kier molecular flexibility index (Phi) is 2.90. The van der Waals surface area contributed by atoms with E-state index in [0.29, 0.717) is 0 Å². The smallest absolute Gasteiger partial charge is 0.0856 e. The lowest BCUT2D eigenvalue weighted by Gasteiger charge is -2.05. The van der Waals surface area contributed by atoms with Crippen LogP contribution in [0.15, 0.2) is 24.5 Å². The first kappa shape index (κ1) is 10.7. The van der Waals surface area contributed by atoms with Crippen molar-refractivity contribution in [3.8, 4) is 0 Å². The second kappa shape index (κ2) is 4.35. The van der Waals surface area contributed by atoms with Gasteiger partial charge in [0.25, 0.3) is 0 Å². The molecule has 84 valence electrons. The molecule has 0 saturated carbocycles. The van der Waals surface area contributed by atoms with Crippen LogP contribution in [0.1, 0.15) is 18.3 Å². The van der Waals surface area contributed by atoms with E-state index in [1.165, 1.54) is 0 Å². The Labute approximate surface area is 95.3 Å². The van der Waals surface area contributed by atoms with Crippen molar-refractivity contribution in [2.24, 2.45) is 7.05 Å². The average Bonchev–Trinajstić information content (AvgIpc) is 2.59. The van der Waals surface area contributed by atoms with Gasteiger partial charge in [-0.1, -0.05) is 6.92 Å². The molecule has 0 radical (unpaired) electrons. The van der Waals surface area contributed by atoms with E-state index in [1.807, 2.05) is 37.0 Å². The van der Waals surface area contributed by atoms with E-state index >= 15 is 0 Å². The molecule has 2 rings (SSSR count). The van der Waals surface area contributed by atoms with E-state index in [9.17, 15) is 0 Å². The minimum Gasteiger partial charge on any atom is -0.353 e. The second-order valence-electron chi connectivity index (χ2n) is 3.83. The number of hydrogen-bond donors (Lipinski definition) is 1. The minimum atomic E-state index is 0.924. The molecule has 0 atom stereocenters. The summed E-state index contributed by atoms with van der Waals surface area (Å²) in [4.78, 5) is 4.17. The van der Waals surface area contributed by atoms with Gasteiger partial charge in [0.15, 0.2) is 0 Å². The average molecular weight is 216 g/mol. The molecule has 4 heteroatoms. The molecule has 2 aromatic heterocycles. The van der Waals surface area contributed by atoms with Crippen molar-refractivity contribution in [1.82, 2.24) is 14.8 Å². The molecule has 4 nitrogen and oxygen atoms in total. The highest BCUT2D eigenvalue weighted by molar-refractivity contribution is 5.61. The summed E-state index contributed by atoms with van der Waals surface area (Å²) in [6.45, 7) is 4.08. The van der Waals surface area contributed by atoms with Gasteiger partial charge in [-0.05, 0) is 25.5 Å². The van der Waals surface area contributed by atoms with Crippen molar-refractivity contribution >= 4 is 11.4 Å². The normalized spacial score (nSPS) is 10.4. The summed E-state index contributed by atoms with van der Waals surface area (Å²) in [5.74, 6) is 0. The SMILES string of the molecule is CCc1nn(C)cc1Nc1ccnc(C)c1. The van der Waals surface area contributed by atoms with E-state index in [-0.39, 0.29) is 0 Å². The van der Waals surface area contributed by atoms with Crippen molar-refractivity contribution in [3.05, 3.63) is 35.9 Å². The van der Waals surface area contributed by atoms with Gasteiger partial charge in [-0.25, -0.2) is 0 Å². The fourth-order valence-corrected chi connectivity index (χ4v) is 1.68. The van der Waals surface area contributed by atoms with Crippen molar-refractivity contribution in [2.45, 2.75) is 20.3 Å². The standard InChI is InChI=1S/C12H16N4/c1-4-11-12(8-16(3)15-11)14-10-5-6-13-9(2)7-10/h5-8H,4H2,1-3H3,(H,13,14). The number of anilines is 2. The highest BCUT2D eigenvalue weighted by Gasteiger charge is 2.05. The van der Waals surface area contributed by atoms with Crippen LogP contribution >= 0.6 is 0 Å². The van der Waals surface area contributed by atoms with Crippen molar-refractivity contribution in [3.63, 3.8) is 0 Å². The summed E-state index contributed by atoms with van der Waals surface area (Å²) in [5, 5.41) is 7.75. The van der Waals surface area contributed by atoms with Crippen molar-refractivity contribution < 1.29 is 0 Å². The zero-order valence-corrected chi connectivity index (χ0v) is 9.86. The zero-order chi connectivity index (χ0) is 11.5. The van der Waals surface area contributed by atoms with E-state index in [1.54, 1.807) is 6.20 Å². The van der Waals surface area contributed by atoms with Crippen LogP contribution in [0.3, 0.4) is 0 Å². The molecule has 0 aliphatic carbocycles. The van der Waals surface area contributed by atoms with Crippen molar-refractivity contribution in [1.29, 1.82) is 0 Å². The monoisotopic (exact) mass is 216 g/mol. The first-order valence-electron chi connectivity index (χ1n) is 5.41.